The standard InChI is InChI=1S/C18H13Cl2F2N3O5S/c1-29-14-7-2-10(8-15(14)30-18(21)22)24-31(27,28)12-5-3-11(4-6-12)25-17(26)16(20)13(19)9-23-25/h2-9,18,24H,1H3. The molecule has 3 rings (SSSR count). The van der Waals surface area contributed by atoms with Gasteiger partial charge in [-0.1, -0.05) is 23.2 Å². The van der Waals surface area contributed by atoms with E-state index >= 15 is 0 Å². The average molecular weight is 492 g/mol. The summed E-state index contributed by atoms with van der Waals surface area (Å²) in [7, 11) is -2.83. The second-order valence-corrected chi connectivity index (χ2v) is 8.33. The van der Waals surface area contributed by atoms with Crippen LogP contribution in [0.3, 0.4) is 0 Å². The van der Waals surface area contributed by atoms with Gasteiger partial charge in [-0.05, 0) is 36.4 Å². The lowest BCUT2D eigenvalue weighted by atomic mass is 10.3. The summed E-state index contributed by atoms with van der Waals surface area (Å²) in [4.78, 5) is 12.0. The predicted octanol–water partition coefficient (Wildman–Crippen LogP) is 3.95. The first-order chi connectivity index (χ1) is 14.6. The monoisotopic (exact) mass is 491 g/mol. The fraction of sp³-hybridized carbons (Fsp3) is 0.111. The number of nitrogens with one attached hydrogen (secondary N) is 1. The lowest BCUT2D eigenvalue weighted by molar-refractivity contribution is -0.0511. The van der Waals surface area contributed by atoms with Crippen molar-refractivity contribution in [2.24, 2.45) is 0 Å². The lowest BCUT2D eigenvalue weighted by Gasteiger charge is -2.13. The Labute approximate surface area is 185 Å². The third kappa shape index (κ3) is 5.06. The van der Waals surface area contributed by atoms with E-state index in [0.717, 1.165) is 10.7 Å². The largest absolute Gasteiger partial charge is 0.493 e. The maximum absolute atomic E-state index is 12.6. The summed E-state index contributed by atoms with van der Waals surface area (Å²) in [6.07, 6.45) is 1.18. The van der Waals surface area contributed by atoms with Gasteiger partial charge in [0.25, 0.3) is 15.6 Å². The molecule has 0 amide bonds. The van der Waals surface area contributed by atoms with Crippen molar-refractivity contribution >= 4 is 38.9 Å². The number of sulfonamides is 1. The summed E-state index contributed by atoms with van der Waals surface area (Å²) in [6.45, 7) is -3.12. The number of rotatable bonds is 7. The molecule has 0 aliphatic heterocycles. The van der Waals surface area contributed by atoms with E-state index in [4.69, 9.17) is 27.9 Å². The molecule has 0 saturated carbocycles. The van der Waals surface area contributed by atoms with Gasteiger partial charge in [-0.3, -0.25) is 9.52 Å². The van der Waals surface area contributed by atoms with Crippen molar-refractivity contribution in [1.82, 2.24) is 9.78 Å². The van der Waals surface area contributed by atoms with Gasteiger partial charge in [0.1, 0.15) is 5.02 Å². The zero-order valence-corrected chi connectivity index (χ0v) is 17.9. The molecule has 1 heterocycles. The highest BCUT2D eigenvalue weighted by molar-refractivity contribution is 7.92. The second kappa shape index (κ2) is 9.08. The van der Waals surface area contributed by atoms with Crippen LogP contribution < -0.4 is 19.8 Å². The van der Waals surface area contributed by atoms with Crippen LogP contribution in [0.5, 0.6) is 11.5 Å². The smallest absolute Gasteiger partial charge is 0.387 e. The van der Waals surface area contributed by atoms with Crippen LogP contribution in [0.1, 0.15) is 0 Å². The number of alkyl halides is 2. The van der Waals surface area contributed by atoms with E-state index in [2.05, 4.69) is 14.6 Å². The second-order valence-electron chi connectivity index (χ2n) is 5.87. The Morgan fingerprint density at radius 2 is 1.77 bits per heavy atom. The summed E-state index contributed by atoms with van der Waals surface area (Å²) in [6, 6.07) is 8.81. The Hall–Kier alpha value is -2.89. The minimum absolute atomic E-state index is 0.00664. The summed E-state index contributed by atoms with van der Waals surface area (Å²) in [5, 5.41) is 3.62. The van der Waals surface area contributed by atoms with E-state index in [1.165, 1.54) is 49.7 Å². The number of hydrogen-bond acceptors (Lipinski definition) is 6. The van der Waals surface area contributed by atoms with Gasteiger partial charge in [0.2, 0.25) is 0 Å². The number of benzene rings is 2. The maximum atomic E-state index is 12.6. The summed E-state index contributed by atoms with van der Waals surface area (Å²) in [5.74, 6) is -0.328. The van der Waals surface area contributed by atoms with Crippen LogP contribution in [0, 0.1) is 0 Å². The molecule has 0 bridgehead atoms. The van der Waals surface area contributed by atoms with Gasteiger partial charge in [-0.2, -0.15) is 18.6 Å². The zero-order chi connectivity index (χ0) is 22.8. The van der Waals surface area contributed by atoms with Gasteiger partial charge < -0.3 is 9.47 Å². The van der Waals surface area contributed by atoms with E-state index in [1.54, 1.807) is 0 Å². The normalized spacial score (nSPS) is 11.4. The molecule has 0 spiro atoms. The number of nitrogens with zero attached hydrogens (tertiary/aromatic N) is 2. The zero-order valence-electron chi connectivity index (χ0n) is 15.6. The number of methoxy groups -OCH3 is 1. The molecule has 13 heteroatoms. The van der Waals surface area contributed by atoms with Crippen LogP contribution >= 0.6 is 23.2 Å². The van der Waals surface area contributed by atoms with Crippen molar-refractivity contribution in [2.75, 3.05) is 11.8 Å². The molecule has 0 atom stereocenters. The van der Waals surface area contributed by atoms with Gasteiger partial charge in [-0.25, -0.2) is 8.42 Å². The first-order valence-corrected chi connectivity index (χ1v) is 10.6. The van der Waals surface area contributed by atoms with Crippen LogP contribution in [0.15, 0.2) is 58.4 Å². The molecule has 0 radical (unpaired) electrons. The molecule has 1 N–H and O–H groups in total. The van der Waals surface area contributed by atoms with E-state index < -0.39 is 22.2 Å². The van der Waals surface area contributed by atoms with Gasteiger partial charge in [-0.15, -0.1) is 0 Å². The molecule has 31 heavy (non-hydrogen) atoms. The maximum Gasteiger partial charge on any atom is 0.387 e. The molecule has 0 saturated heterocycles. The number of halogens is 4. The minimum atomic E-state index is -4.09. The third-order valence-corrected chi connectivity index (χ3v) is 6.05. The van der Waals surface area contributed by atoms with Crippen molar-refractivity contribution in [3.05, 3.63) is 69.1 Å². The number of ether oxygens (including phenoxy) is 2. The predicted molar refractivity (Wildman–Crippen MR) is 110 cm³/mol. The van der Waals surface area contributed by atoms with E-state index in [-0.39, 0.29) is 37.8 Å². The number of hydrogen-bond donors (Lipinski definition) is 1. The molecule has 3 aromatic rings. The summed E-state index contributed by atoms with van der Waals surface area (Å²) >= 11 is 11.6. The van der Waals surface area contributed by atoms with Gasteiger partial charge in [0, 0.05) is 6.07 Å². The molecular formula is C18H13Cl2F2N3O5S. The Morgan fingerprint density at radius 3 is 2.39 bits per heavy atom. The molecule has 164 valence electrons. The highest BCUT2D eigenvalue weighted by Gasteiger charge is 2.18. The summed E-state index contributed by atoms with van der Waals surface area (Å²) in [5.41, 5.74) is -0.449. The highest BCUT2D eigenvalue weighted by atomic mass is 35.5. The molecule has 1 aromatic heterocycles. The SMILES string of the molecule is COc1ccc(NS(=O)(=O)c2ccc(-n3ncc(Cl)c(Cl)c3=O)cc2)cc1OC(F)F. The van der Waals surface area contributed by atoms with Crippen LogP contribution in [0.25, 0.3) is 5.69 Å². The molecule has 0 aliphatic carbocycles. The fourth-order valence-electron chi connectivity index (χ4n) is 2.51. The highest BCUT2D eigenvalue weighted by Crippen LogP contribution is 2.32. The first-order valence-electron chi connectivity index (χ1n) is 8.32. The molecular weight excluding hydrogens is 479 g/mol. The van der Waals surface area contributed by atoms with Gasteiger partial charge in [0.15, 0.2) is 11.5 Å². The van der Waals surface area contributed by atoms with Crippen molar-refractivity contribution in [2.45, 2.75) is 11.5 Å². The molecule has 0 aliphatic rings. The van der Waals surface area contributed by atoms with E-state index in [1.807, 2.05) is 0 Å². The van der Waals surface area contributed by atoms with Crippen molar-refractivity contribution in [1.29, 1.82) is 0 Å². The van der Waals surface area contributed by atoms with Crippen LogP contribution in [-0.2, 0) is 10.0 Å². The molecule has 0 fully saturated rings. The van der Waals surface area contributed by atoms with E-state index in [0.29, 0.717) is 0 Å². The topological polar surface area (TPSA) is 99.5 Å². The Kier molecular flexibility index (Phi) is 6.68. The average Bonchev–Trinajstić information content (AvgIpc) is 2.72. The van der Waals surface area contributed by atoms with Crippen LogP contribution in [0.4, 0.5) is 14.5 Å². The minimum Gasteiger partial charge on any atom is -0.493 e. The Balaban J connectivity index is 1.88. The van der Waals surface area contributed by atoms with Crippen molar-refractivity contribution in [3.63, 3.8) is 0 Å². The fourth-order valence-corrected chi connectivity index (χ4v) is 3.81. The summed E-state index contributed by atoms with van der Waals surface area (Å²) < 4.78 is 62.9. The van der Waals surface area contributed by atoms with Crippen molar-refractivity contribution in [3.8, 4) is 17.2 Å². The molecule has 0 unspecified atom stereocenters. The lowest BCUT2D eigenvalue weighted by Crippen LogP contribution is -2.21. The van der Waals surface area contributed by atoms with Crippen molar-refractivity contribution < 1.29 is 26.7 Å². The van der Waals surface area contributed by atoms with Gasteiger partial charge >= 0.3 is 6.61 Å². The van der Waals surface area contributed by atoms with Gasteiger partial charge in [0.05, 0.1) is 34.6 Å². The molecule has 8 nitrogen and oxygen atoms in total. The third-order valence-electron chi connectivity index (χ3n) is 3.90. The number of aromatic nitrogens is 2. The quantitative estimate of drug-likeness (QED) is 0.537. The first kappa shape index (κ1) is 22.8. The number of anilines is 1. The van der Waals surface area contributed by atoms with Crippen LogP contribution in [-0.4, -0.2) is 31.9 Å². The molecule has 2 aromatic carbocycles. The Bertz CT molecular complexity index is 1270. The Morgan fingerprint density at radius 1 is 1.10 bits per heavy atom. The van der Waals surface area contributed by atoms with E-state index in [9.17, 15) is 22.0 Å². The van der Waals surface area contributed by atoms with Crippen LogP contribution in [0.2, 0.25) is 10.0 Å².